The van der Waals surface area contributed by atoms with Crippen molar-refractivity contribution in [1.82, 2.24) is 4.98 Å². The largest absolute Gasteiger partial charge is 0.369 e. The Kier molecular flexibility index (Phi) is 6.26. The molecule has 1 atom stereocenters. The van der Waals surface area contributed by atoms with Gasteiger partial charge in [-0.05, 0) is 13.0 Å². The van der Waals surface area contributed by atoms with E-state index >= 15 is 0 Å². The van der Waals surface area contributed by atoms with Gasteiger partial charge >= 0.3 is 0 Å². The van der Waals surface area contributed by atoms with Crippen LogP contribution in [-0.4, -0.2) is 40.6 Å². The van der Waals surface area contributed by atoms with Crippen molar-refractivity contribution < 1.29 is 0 Å². The molecule has 0 bridgehead atoms. The number of aromatic nitrogens is 1. The summed E-state index contributed by atoms with van der Waals surface area (Å²) in [5.41, 5.74) is 0. The molecule has 0 spiro atoms. The third-order valence-corrected chi connectivity index (χ3v) is 6.08. The van der Waals surface area contributed by atoms with E-state index in [1.165, 1.54) is 17.3 Å². The highest BCUT2D eigenvalue weighted by Gasteiger charge is 2.15. The number of nitrogens with zero attached hydrogens (tertiary/aromatic N) is 1. The number of hydrogen-bond acceptors (Lipinski definition) is 5. The lowest BCUT2D eigenvalue weighted by molar-refractivity contribution is 0.992. The van der Waals surface area contributed by atoms with E-state index in [0.717, 1.165) is 13.1 Å². The molecule has 1 unspecified atom stereocenters. The third kappa shape index (κ3) is 4.52. The first kappa shape index (κ1) is 15.4. The average Bonchev–Trinajstić information content (AvgIpc) is 2.42. The molecule has 2 N–H and O–H groups in total. The molecule has 1 aromatic heterocycles. The van der Waals surface area contributed by atoms with Gasteiger partial charge in [0.2, 0.25) is 0 Å². The van der Waals surface area contributed by atoms with E-state index in [9.17, 15) is 0 Å². The maximum atomic E-state index is 6.17. The van der Waals surface area contributed by atoms with Crippen LogP contribution < -0.4 is 10.6 Å². The van der Waals surface area contributed by atoms with Gasteiger partial charge in [0.15, 0.2) is 0 Å². The molecule has 19 heavy (non-hydrogen) atoms. The van der Waals surface area contributed by atoms with Crippen LogP contribution in [0, 0.1) is 0 Å². The first-order chi connectivity index (χ1) is 9.20. The SMILES string of the molecule is CCNc1nc(NCC2CSCCS2)c(Cl)cc1Cl. The Bertz CT molecular complexity index is 426. The van der Waals surface area contributed by atoms with Gasteiger partial charge in [0.1, 0.15) is 11.6 Å². The van der Waals surface area contributed by atoms with E-state index in [2.05, 4.69) is 15.6 Å². The monoisotopic (exact) mass is 337 g/mol. The zero-order chi connectivity index (χ0) is 13.7. The van der Waals surface area contributed by atoms with E-state index in [0.29, 0.717) is 26.9 Å². The molecule has 0 aromatic carbocycles. The van der Waals surface area contributed by atoms with Crippen LogP contribution >= 0.6 is 46.7 Å². The molecule has 1 saturated heterocycles. The lowest BCUT2D eigenvalue weighted by atomic mass is 10.4. The molecular weight excluding hydrogens is 321 g/mol. The van der Waals surface area contributed by atoms with Crippen LogP contribution in [0.4, 0.5) is 11.6 Å². The van der Waals surface area contributed by atoms with Crippen molar-refractivity contribution in [3.8, 4) is 0 Å². The van der Waals surface area contributed by atoms with Gasteiger partial charge in [-0.25, -0.2) is 4.98 Å². The minimum absolute atomic E-state index is 0.556. The summed E-state index contributed by atoms with van der Waals surface area (Å²) in [6.45, 7) is 3.68. The highest BCUT2D eigenvalue weighted by atomic mass is 35.5. The first-order valence-electron chi connectivity index (χ1n) is 6.23. The molecule has 2 rings (SSSR count). The van der Waals surface area contributed by atoms with Crippen LogP contribution in [0.1, 0.15) is 6.92 Å². The Balaban J connectivity index is 2.00. The van der Waals surface area contributed by atoms with Gasteiger partial charge in [0.25, 0.3) is 0 Å². The molecule has 7 heteroatoms. The number of hydrogen-bond donors (Lipinski definition) is 2. The molecule has 1 aliphatic heterocycles. The summed E-state index contributed by atoms with van der Waals surface area (Å²) in [6.07, 6.45) is 0. The van der Waals surface area contributed by atoms with E-state index in [4.69, 9.17) is 23.2 Å². The first-order valence-corrected chi connectivity index (χ1v) is 9.19. The lowest BCUT2D eigenvalue weighted by Gasteiger charge is -2.22. The van der Waals surface area contributed by atoms with E-state index < -0.39 is 0 Å². The van der Waals surface area contributed by atoms with Crippen LogP contribution in [0.25, 0.3) is 0 Å². The smallest absolute Gasteiger partial charge is 0.147 e. The molecule has 0 aliphatic carbocycles. The maximum Gasteiger partial charge on any atom is 0.147 e. The number of nitrogens with one attached hydrogen (secondary N) is 2. The van der Waals surface area contributed by atoms with Gasteiger partial charge in [-0.3, -0.25) is 0 Å². The Labute approximate surface area is 132 Å². The quantitative estimate of drug-likeness (QED) is 0.846. The Hall–Kier alpha value is 0.0300. The summed E-state index contributed by atoms with van der Waals surface area (Å²) in [5.74, 6) is 5.05. The summed E-state index contributed by atoms with van der Waals surface area (Å²) in [7, 11) is 0. The second-order valence-electron chi connectivity index (χ2n) is 4.13. The minimum Gasteiger partial charge on any atom is -0.369 e. The summed E-state index contributed by atoms with van der Waals surface area (Å²) in [4.78, 5) is 4.44. The Morgan fingerprint density at radius 3 is 2.63 bits per heavy atom. The summed E-state index contributed by atoms with van der Waals surface area (Å²) >= 11 is 16.3. The fourth-order valence-corrected chi connectivity index (χ4v) is 4.85. The van der Waals surface area contributed by atoms with Crippen molar-refractivity contribution in [2.75, 3.05) is 41.0 Å². The summed E-state index contributed by atoms with van der Waals surface area (Å²) in [5, 5.41) is 8.21. The standard InChI is InChI=1S/C12H17Cl2N3S2/c1-2-15-11-9(13)5-10(14)12(17-11)16-6-8-7-18-3-4-19-8/h5,8H,2-4,6-7H2,1H3,(H2,15,16,17). The van der Waals surface area contributed by atoms with Crippen molar-refractivity contribution in [2.45, 2.75) is 12.2 Å². The topological polar surface area (TPSA) is 37.0 Å². The summed E-state index contributed by atoms with van der Waals surface area (Å²) in [6, 6.07) is 1.74. The van der Waals surface area contributed by atoms with Crippen LogP contribution in [0.5, 0.6) is 0 Å². The molecule has 2 heterocycles. The Morgan fingerprint density at radius 2 is 2.00 bits per heavy atom. The lowest BCUT2D eigenvalue weighted by Crippen LogP contribution is -2.23. The van der Waals surface area contributed by atoms with Crippen molar-refractivity contribution in [3.63, 3.8) is 0 Å². The highest BCUT2D eigenvalue weighted by molar-refractivity contribution is 8.06. The number of halogens is 2. The van der Waals surface area contributed by atoms with Crippen LogP contribution in [-0.2, 0) is 0 Å². The van der Waals surface area contributed by atoms with Crippen LogP contribution in [0.15, 0.2) is 6.07 Å². The van der Waals surface area contributed by atoms with Crippen molar-refractivity contribution in [3.05, 3.63) is 16.1 Å². The molecular formula is C12H17Cl2N3S2. The van der Waals surface area contributed by atoms with Crippen molar-refractivity contribution >= 4 is 58.4 Å². The van der Waals surface area contributed by atoms with Gasteiger partial charge in [0.05, 0.1) is 10.0 Å². The van der Waals surface area contributed by atoms with Gasteiger partial charge < -0.3 is 10.6 Å². The maximum absolute atomic E-state index is 6.17. The number of thioether (sulfide) groups is 2. The zero-order valence-electron chi connectivity index (χ0n) is 10.7. The molecule has 1 aliphatic rings. The highest BCUT2D eigenvalue weighted by Crippen LogP contribution is 2.30. The molecule has 1 fully saturated rings. The molecule has 0 radical (unpaired) electrons. The normalized spacial score (nSPS) is 19.2. The summed E-state index contributed by atoms with van der Waals surface area (Å²) < 4.78 is 0. The van der Waals surface area contributed by atoms with Gasteiger partial charge in [0, 0.05) is 35.6 Å². The van der Waals surface area contributed by atoms with Gasteiger partial charge in [-0.1, -0.05) is 23.2 Å². The molecule has 0 saturated carbocycles. The third-order valence-electron chi connectivity index (χ3n) is 2.66. The van der Waals surface area contributed by atoms with E-state index in [-0.39, 0.29) is 0 Å². The fourth-order valence-electron chi connectivity index (χ4n) is 1.75. The van der Waals surface area contributed by atoms with Crippen LogP contribution in [0.3, 0.4) is 0 Å². The van der Waals surface area contributed by atoms with Crippen molar-refractivity contribution in [2.24, 2.45) is 0 Å². The number of pyridine rings is 1. The molecule has 3 nitrogen and oxygen atoms in total. The predicted octanol–water partition coefficient (Wildman–Crippen LogP) is 4.08. The molecule has 1 aromatic rings. The zero-order valence-corrected chi connectivity index (χ0v) is 13.9. The second kappa shape index (κ2) is 7.72. The molecule has 0 amide bonds. The van der Waals surface area contributed by atoms with E-state index in [1.54, 1.807) is 6.07 Å². The average molecular weight is 338 g/mol. The minimum atomic E-state index is 0.556. The van der Waals surface area contributed by atoms with Gasteiger partial charge in [-0.2, -0.15) is 23.5 Å². The fraction of sp³-hybridized carbons (Fsp3) is 0.583. The Morgan fingerprint density at radius 1 is 1.26 bits per heavy atom. The van der Waals surface area contributed by atoms with E-state index in [1.807, 2.05) is 30.4 Å². The predicted molar refractivity (Wildman–Crippen MR) is 90.5 cm³/mol. The second-order valence-corrected chi connectivity index (χ2v) is 7.50. The van der Waals surface area contributed by atoms with Gasteiger partial charge in [-0.15, -0.1) is 0 Å². The number of rotatable bonds is 5. The molecule has 106 valence electrons. The number of anilines is 2. The van der Waals surface area contributed by atoms with Crippen molar-refractivity contribution in [1.29, 1.82) is 0 Å². The van der Waals surface area contributed by atoms with Crippen LogP contribution in [0.2, 0.25) is 10.0 Å².